The van der Waals surface area contributed by atoms with Crippen molar-refractivity contribution in [3.63, 3.8) is 0 Å². The Bertz CT molecular complexity index is 739. The van der Waals surface area contributed by atoms with Gasteiger partial charge in [-0.15, -0.1) is 0 Å². The standard InChI is InChI=1S/C16H17N3O3/c20-14-8-12(22-18-14)11-9-19(10-11)15(21)16(5-3-6-16)13-4-1-2-7-17-13/h1-2,4,7-8,11H,3,5-6,9-10H2,(H,18,20). The number of nitrogens with one attached hydrogen (secondary N) is 1. The van der Waals surface area contributed by atoms with Gasteiger partial charge in [-0.25, -0.2) is 0 Å². The van der Waals surface area contributed by atoms with Crippen LogP contribution in [0.25, 0.3) is 0 Å². The van der Waals surface area contributed by atoms with Gasteiger partial charge in [0.2, 0.25) is 5.91 Å². The van der Waals surface area contributed by atoms with Crippen LogP contribution >= 0.6 is 0 Å². The van der Waals surface area contributed by atoms with E-state index in [1.807, 2.05) is 23.1 Å². The first-order chi connectivity index (χ1) is 10.7. The summed E-state index contributed by atoms with van der Waals surface area (Å²) >= 11 is 0. The van der Waals surface area contributed by atoms with Crippen LogP contribution in [-0.2, 0) is 10.2 Å². The molecule has 0 aromatic carbocycles. The van der Waals surface area contributed by atoms with Gasteiger partial charge in [0.25, 0.3) is 5.56 Å². The molecular formula is C16H17N3O3. The fourth-order valence-corrected chi connectivity index (χ4v) is 3.38. The van der Waals surface area contributed by atoms with Crippen LogP contribution in [0.2, 0.25) is 0 Å². The van der Waals surface area contributed by atoms with Crippen LogP contribution in [0.1, 0.15) is 36.6 Å². The second-order valence-corrected chi connectivity index (χ2v) is 6.17. The minimum atomic E-state index is -0.439. The van der Waals surface area contributed by atoms with E-state index in [4.69, 9.17) is 4.52 Å². The Balaban J connectivity index is 1.50. The predicted octanol–water partition coefficient (Wildman–Crippen LogP) is 1.41. The Labute approximate surface area is 127 Å². The van der Waals surface area contributed by atoms with E-state index >= 15 is 0 Å². The number of carbonyl (C=O) groups excluding carboxylic acids is 1. The highest BCUT2D eigenvalue weighted by atomic mass is 16.5. The average Bonchev–Trinajstić information content (AvgIpc) is 2.83. The molecule has 3 heterocycles. The Hall–Kier alpha value is -2.37. The van der Waals surface area contributed by atoms with Crippen LogP contribution in [0.15, 0.2) is 39.8 Å². The number of hydrogen-bond acceptors (Lipinski definition) is 4. The lowest BCUT2D eigenvalue weighted by molar-refractivity contribution is -0.146. The summed E-state index contributed by atoms with van der Waals surface area (Å²) in [5, 5.41) is 2.30. The van der Waals surface area contributed by atoms with Gasteiger partial charge in [0.05, 0.1) is 17.0 Å². The Morgan fingerprint density at radius 1 is 1.36 bits per heavy atom. The molecule has 0 radical (unpaired) electrons. The topological polar surface area (TPSA) is 79.2 Å². The monoisotopic (exact) mass is 299 g/mol. The second-order valence-electron chi connectivity index (χ2n) is 6.17. The van der Waals surface area contributed by atoms with Crippen LogP contribution in [0.5, 0.6) is 0 Å². The Morgan fingerprint density at radius 3 is 2.73 bits per heavy atom. The number of pyridine rings is 1. The van der Waals surface area contributed by atoms with Crippen LogP contribution in [0, 0.1) is 0 Å². The zero-order valence-electron chi connectivity index (χ0n) is 12.1. The maximum atomic E-state index is 12.9. The van der Waals surface area contributed by atoms with Gasteiger partial charge in [-0.3, -0.25) is 14.6 Å². The molecule has 1 saturated carbocycles. The van der Waals surface area contributed by atoms with Gasteiger partial charge < -0.3 is 9.42 Å². The molecule has 6 heteroatoms. The molecule has 22 heavy (non-hydrogen) atoms. The molecule has 2 aliphatic rings. The normalized spacial score (nSPS) is 20.3. The summed E-state index contributed by atoms with van der Waals surface area (Å²) in [4.78, 5) is 30.3. The lowest BCUT2D eigenvalue weighted by Crippen LogP contribution is -2.58. The zero-order chi connectivity index (χ0) is 15.2. The van der Waals surface area contributed by atoms with Crippen LogP contribution < -0.4 is 5.56 Å². The SMILES string of the molecule is O=C(N1CC(c2cc(=O)[nH]o2)C1)C1(c2ccccn2)CCC1. The number of aromatic nitrogens is 2. The van der Waals surface area contributed by atoms with Crippen LogP contribution in [0.4, 0.5) is 0 Å². The fourth-order valence-electron chi connectivity index (χ4n) is 3.38. The maximum Gasteiger partial charge on any atom is 0.280 e. The minimum Gasteiger partial charge on any atom is -0.383 e. The molecule has 1 amide bonds. The molecule has 1 aliphatic carbocycles. The smallest absolute Gasteiger partial charge is 0.280 e. The quantitative estimate of drug-likeness (QED) is 0.929. The van der Waals surface area contributed by atoms with Crippen molar-refractivity contribution in [1.82, 2.24) is 15.0 Å². The third-order valence-electron chi connectivity index (χ3n) is 4.89. The molecule has 0 spiro atoms. The van der Waals surface area contributed by atoms with Gasteiger partial charge in [-0.2, -0.15) is 5.16 Å². The van der Waals surface area contributed by atoms with E-state index in [1.54, 1.807) is 6.20 Å². The summed E-state index contributed by atoms with van der Waals surface area (Å²) in [5.74, 6) is 0.907. The first-order valence-electron chi connectivity index (χ1n) is 7.58. The van der Waals surface area contributed by atoms with E-state index in [9.17, 15) is 9.59 Å². The van der Waals surface area contributed by atoms with Crippen molar-refractivity contribution in [2.75, 3.05) is 13.1 Å². The third-order valence-corrected chi connectivity index (χ3v) is 4.89. The lowest BCUT2D eigenvalue weighted by atomic mass is 9.65. The predicted molar refractivity (Wildman–Crippen MR) is 78.4 cm³/mol. The Kier molecular flexibility index (Phi) is 2.92. The highest BCUT2D eigenvalue weighted by molar-refractivity contribution is 5.89. The zero-order valence-corrected chi connectivity index (χ0v) is 12.1. The highest BCUT2D eigenvalue weighted by Crippen LogP contribution is 2.45. The first-order valence-corrected chi connectivity index (χ1v) is 7.58. The second kappa shape index (κ2) is 4.83. The number of amides is 1. The van der Waals surface area contributed by atoms with E-state index in [0.29, 0.717) is 18.8 Å². The molecule has 114 valence electrons. The van der Waals surface area contributed by atoms with Crippen LogP contribution in [-0.4, -0.2) is 34.0 Å². The fraction of sp³-hybridized carbons (Fsp3) is 0.438. The number of likely N-dealkylation sites (tertiary alicyclic amines) is 1. The minimum absolute atomic E-state index is 0.115. The summed E-state index contributed by atoms with van der Waals surface area (Å²) in [6, 6.07) is 7.21. The number of nitrogens with zero attached hydrogens (tertiary/aromatic N) is 2. The molecule has 0 atom stereocenters. The van der Waals surface area contributed by atoms with E-state index in [0.717, 1.165) is 25.0 Å². The molecule has 4 rings (SSSR count). The largest absolute Gasteiger partial charge is 0.383 e. The molecular weight excluding hydrogens is 282 g/mol. The van der Waals surface area contributed by atoms with Gasteiger partial charge in [0.1, 0.15) is 5.76 Å². The van der Waals surface area contributed by atoms with E-state index in [2.05, 4.69) is 10.1 Å². The molecule has 1 N–H and O–H groups in total. The van der Waals surface area contributed by atoms with Crippen molar-refractivity contribution in [3.05, 3.63) is 52.3 Å². The van der Waals surface area contributed by atoms with Crippen LogP contribution in [0.3, 0.4) is 0 Å². The van der Waals surface area contributed by atoms with Crippen molar-refractivity contribution >= 4 is 5.91 Å². The highest BCUT2D eigenvalue weighted by Gasteiger charge is 2.51. The summed E-state index contributed by atoms with van der Waals surface area (Å²) < 4.78 is 5.12. The molecule has 0 bridgehead atoms. The summed E-state index contributed by atoms with van der Waals surface area (Å²) in [7, 11) is 0. The number of carbonyl (C=O) groups is 1. The van der Waals surface area contributed by atoms with Crippen molar-refractivity contribution in [1.29, 1.82) is 0 Å². The molecule has 2 fully saturated rings. The lowest BCUT2D eigenvalue weighted by Gasteiger charge is -2.47. The summed E-state index contributed by atoms with van der Waals surface area (Å²) in [6.07, 6.45) is 4.54. The number of H-pyrrole nitrogens is 1. The molecule has 1 aliphatic heterocycles. The van der Waals surface area contributed by atoms with Gasteiger partial charge in [-0.1, -0.05) is 12.5 Å². The van der Waals surface area contributed by atoms with Gasteiger partial charge in [-0.05, 0) is 25.0 Å². The van der Waals surface area contributed by atoms with Crippen molar-refractivity contribution in [2.24, 2.45) is 0 Å². The average molecular weight is 299 g/mol. The van der Waals surface area contributed by atoms with E-state index in [1.165, 1.54) is 6.07 Å². The summed E-state index contributed by atoms with van der Waals surface area (Å²) in [5.41, 5.74) is 0.206. The molecule has 6 nitrogen and oxygen atoms in total. The molecule has 0 unspecified atom stereocenters. The molecule has 2 aromatic rings. The van der Waals surface area contributed by atoms with E-state index < -0.39 is 5.41 Å². The molecule has 1 saturated heterocycles. The van der Waals surface area contributed by atoms with Crippen molar-refractivity contribution < 1.29 is 9.32 Å². The van der Waals surface area contributed by atoms with Gasteiger partial charge >= 0.3 is 0 Å². The number of rotatable bonds is 3. The van der Waals surface area contributed by atoms with Crippen molar-refractivity contribution in [2.45, 2.75) is 30.6 Å². The maximum absolute atomic E-state index is 12.9. The molecule has 2 aromatic heterocycles. The summed E-state index contributed by atoms with van der Waals surface area (Å²) in [6.45, 7) is 1.21. The van der Waals surface area contributed by atoms with Gasteiger partial charge in [0, 0.05) is 25.4 Å². The van der Waals surface area contributed by atoms with Crippen molar-refractivity contribution in [3.8, 4) is 0 Å². The Morgan fingerprint density at radius 2 is 2.18 bits per heavy atom. The number of hydrogen-bond donors (Lipinski definition) is 1. The van der Waals surface area contributed by atoms with Gasteiger partial charge in [0.15, 0.2) is 0 Å². The third kappa shape index (κ3) is 1.90. The van der Waals surface area contributed by atoms with E-state index in [-0.39, 0.29) is 17.4 Å². The first kappa shape index (κ1) is 13.3. The number of aromatic amines is 1.